The first-order valence-corrected chi connectivity index (χ1v) is 4.19. The normalized spacial score (nSPS) is 10.0. The fourth-order valence-electron chi connectivity index (χ4n) is 1.04. The van der Waals surface area contributed by atoms with Crippen molar-refractivity contribution < 1.29 is 4.84 Å². The Hall–Kier alpha value is -2.04. The molecule has 0 aliphatic heterocycles. The lowest BCUT2D eigenvalue weighted by molar-refractivity contribution is 0.0698. The maximum absolute atomic E-state index is 5.32. The summed E-state index contributed by atoms with van der Waals surface area (Å²) in [7, 11) is 0. The van der Waals surface area contributed by atoms with E-state index in [0.29, 0.717) is 6.61 Å². The second-order valence-electron chi connectivity index (χ2n) is 2.76. The van der Waals surface area contributed by atoms with Crippen LogP contribution in [0, 0.1) is 0 Å². The van der Waals surface area contributed by atoms with E-state index in [2.05, 4.69) is 10.1 Å². The summed E-state index contributed by atoms with van der Waals surface area (Å²) >= 11 is 0. The Kier molecular flexibility index (Phi) is 2.31. The Morgan fingerprint density at radius 2 is 2.07 bits per heavy atom. The van der Waals surface area contributed by atoms with Crippen molar-refractivity contribution in [2.75, 3.05) is 5.73 Å². The monoisotopic (exact) mass is 190 g/mol. The quantitative estimate of drug-likeness (QED) is 0.764. The van der Waals surface area contributed by atoms with Crippen molar-refractivity contribution in [3.8, 4) is 0 Å². The van der Waals surface area contributed by atoms with Crippen molar-refractivity contribution in [1.29, 1.82) is 0 Å². The molecule has 0 saturated carbocycles. The van der Waals surface area contributed by atoms with E-state index >= 15 is 0 Å². The van der Waals surface area contributed by atoms with Crippen LogP contribution in [0.2, 0.25) is 0 Å². The van der Waals surface area contributed by atoms with Crippen LogP contribution in [-0.2, 0) is 6.61 Å². The molecule has 0 unspecified atom stereocenters. The molecule has 1 heterocycles. The van der Waals surface area contributed by atoms with Gasteiger partial charge in [0.15, 0.2) is 6.33 Å². The largest absolute Gasteiger partial charge is 0.390 e. The molecule has 0 spiro atoms. The first-order valence-electron chi connectivity index (χ1n) is 4.19. The molecule has 5 heteroatoms. The Bertz CT molecular complexity index is 398. The summed E-state index contributed by atoms with van der Waals surface area (Å²) < 4.78 is 0. The highest BCUT2D eigenvalue weighted by Gasteiger charge is 1.96. The molecule has 5 nitrogen and oxygen atoms in total. The second kappa shape index (κ2) is 3.78. The van der Waals surface area contributed by atoms with Gasteiger partial charge in [0.2, 0.25) is 5.95 Å². The summed E-state index contributed by atoms with van der Waals surface area (Å²) in [5.41, 5.74) is 6.40. The first kappa shape index (κ1) is 8.55. The van der Waals surface area contributed by atoms with Crippen LogP contribution in [0.25, 0.3) is 0 Å². The average molecular weight is 190 g/mol. The van der Waals surface area contributed by atoms with Crippen molar-refractivity contribution in [1.82, 2.24) is 14.9 Å². The second-order valence-corrected chi connectivity index (χ2v) is 2.76. The van der Waals surface area contributed by atoms with Gasteiger partial charge < -0.3 is 10.6 Å². The smallest absolute Gasteiger partial charge is 0.243 e. The van der Waals surface area contributed by atoms with Crippen molar-refractivity contribution in [2.45, 2.75) is 6.61 Å². The van der Waals surface area contributed by atoms with E-state index in [1.165, 1.54) is 11.2 Å². The molecule has 0 aliphatic carbocycles. The number of nitrogens with two attached hydrogens (primary N) is 1. The fourth-order valence-corrected chi connectivity index (χ4v) is 1.04. The van der Waals surface area contributed by atoms with E-state index in [9.17, 15) is 0 Å². The van der Waals surface area contributed by atoms with E-state index in [0.717, 1.165) is 5.56 Å². The Labute approximate surface area is 81.1 Å². The number of rotatable bonds is 3. The lowest BCUT2D eigenvalue weighted by Gasteiger charge is -2.02. The van der Waals surface area contributed by atoms with Gasteiger partial charge in [-0.3, -0.25) is 0 Å². The standard InChI is InChI=1S/C9H10N4O/c10-9-11-7-13(12-9)14-6-8-4-2-1-3-5-8/h1-5,7H,6H2,(H2,10,12). The van der Waals surface area contributed by atoms with Gasteiger partial charge in [-0.05, 0) is 5.56 Å². The molecule has 0 fully saturated rings. The van der Waals surface area contributed by atoms with E-state index in [-0.39, 0.29) is 5.95 Å². The molecule has 0 atom stereocenters. The van der Waals surface area contributed by atoms with Crippen molar-refractivity contribution in [2.24, 2.45) is 0 Å². The van der Waals surface area contributed by atoms with Gasteiger partial charge in [-0.15, -0.1) is 0 Å². The summed E-state index contributed by atoms with van der Waals surface area (Å²) in [6, 6.07) is 9.81. The first-order chi connectivity index (χ1) is 6.84. The molecule has 72 valence electrons. The lowest BCUT2D eigenvalue weighted by atomic mass is 10.2. The maximum Gasteiger partial charge on any atom is 0.243 e. The van der Waals surface area contributed by atoms with Crippen LogP contribution in [0.5, 0.6) is 0 Å². The van der Waals surface area contributed by atoms with E-state index in [1.54, 1.807) is 0 Å². The van der Waals surface area contributed by atoms with Crippen LogP contribution in [0.3, 0.4) is 0 Å². The Balaban J connectivity index is 1.95. The Morgan fingerprint density at radius 1 is 1.29 bits per heavy atom. The van der Waals surface area contributed by atoms with E-state index < -0.39 is 0 Å². The van der Waals surface area contributed by atoms with Gasteiger partial charge in [0.05, 0.1) is 0 Å². The zero-order valence-electron chi connectivity index (χ0n) is 7.50. The molecule has 2 aromatic rings. The molecule has 1 aromatic heterocycles. The van der Waals surface area contributed by atoms with Crippen LogP contribution in [-0.4, -0.2) is 14.9 Å². The fraction of sp³-hybridized carbons (Fsp3) is 0.111. The van der Waals surface area contributed by atoms with Gasteiger partial charge >= 0.3 is 0 Å². The molecule has 0 aliphatic rings. The van der Waals surface area contributed by atoms with Crippen LogP contribution in [0.4, 0.5) is 5.95 Å². The third kappa shape index (κ3) is 2.01. The zero-order chi connectivity index (χ0) is 9.80. The van der Waals surface area contributed by atoms with Gasteiger partial charge in [-0.1, -0.05) is 40.3 Å². The molecule has 0 bridgehead atoms. The van der Waals surface area contributed by atoms with Gasteiger partial charge in [-0.25, -0.2) is 0 Å². The molecule has 2 rings (SSSR count). The highest BCUT2D eigenvalue weighted by Crippen LogP contribution is 1.98. The molecular weight excluding hydrogens is 180 g/mol. The number of hydrogen-bond donors (Lipinski definition) is 1. The van der Waals surface area contributed by atoms with Gasteiger partial charge in [-0.2, -0.15) is 4.98 Å². The predicted molar refractivity (Wildman–Crippen MR) is 51.2 cm³/mol. The van der Waals surface area contributed by atoms with Crippen LogP contribution in [0.15, 0.2) is 36.7 Å². The minimum atomic E-state index is 0.207. The summed E-state index contributed by atoms with van der Waals surface area (Å²) in [6.07, 6.45) is 1.43. The minimum Gasteiger partial charge on any atom is -0.390 e. The predicted octanol–water partition coefficient (Wildman–Crippen LogP) is 0.489. The van der Waals surface area contributed by atoms with Crippen LogP contribution in [0.1, 0.15) is 5.56 Å². The van der Waals surface area contributed by atoms with Crippen molar-refractivity contribution in [3.63, 3.8) is 0 Å². The van der Waals surface area contributed by atoms with Crippen LogP contribution >= 0.6 is 0 Å². The molecule has 1 aromatic carbocycles. The highest BCUT2D eigenvalue weighted by atomic mass is 16.7. The van der Waals surface area contributed by atoms with Crippen molar-refractivity contribution >= 4 is 5.95 Å². The van der Waals surface area contributed by atoms with Crippen molar-refractivity contribution in [3.05, 3.63) is 42.2 Å². The molecular formula is C9H10N4O. The summed E-state index contributed by atoms with van der Waals surface area (Å²) in [4.78, 5) is 10.3. The third-order valence-corrected chi connectivity index (χ3v) is 1.70. The number of nitrogen functional groups attached to an aromatic ring is 1. The maximum atomic E-state index is 5.32. The van der Waals surface area contributed by atoms with Gasteiger partial charge in [0, 0.05) is 0 Å². The van der Waals surface area contributed by atoms with Crippen LogP contribution < -0.4 is 10.6 Å². The summed E-state index contributed by atoms with van der Waals surface area (Å²) in [5, 5.41) is 3.79. The van der Waals surface area contributed by atoms with Gasteiger partial charge in [0.25, 0.3) is 0 Å². The average Bonchev–Trinajstić information content (AvgIpc) is 2.63. The number of nitrogens with zero attached hydrogens (tertiary/aromatic N) is 3. The number of aromatic nitrogens is 3. The third-order valence-electron chi connectivity index (χ3n) is 1.70. The topological polar surface area (TPSA) is 66.0 Å². The Morgan fingerprint density at radius 3 is 2.71 bits per heavy atom. The minimum absolute atomic E-state index is 0.207. The molecule has 14 heavy (non-hydrogen) atoms. The summed E-state index contributed by atoms with van der Waals surface area (Å²) in [5.74, 6) is 0.207. The molecule has 2 N–H and O–H groups in total. The van der Waals surface area contributed by atoms with Gasteiger partial charge in [0.1, 0.15) is 6.61 Å². The zero-order valence-corrected chi connectivity index (χ0v) is 7.50. The number of anilines is 1. The molecule has 0 amide bonds. The number of benzene rings is 1. The van der Waals surface area contributed by atoms with E-state index in [4.69, 9.17) is 10.6 Å². The highest BCUT2D eigenvalue weighted by molar-refractivity contribution is 5.13. The molecule has 0 saturated heterocycles. The lowest BCUT2D eigenvalue weighted by Crippen LogP contribution is -2.11. The summed E-state index contributed by atoms with van der Waals surface area (Å²) in [6.45, 7) is 0.448. The number of hydrogen-bond acceptors (Lipinski definition) is 4. The SMILES string of the molecule is Nc1ncn(OCc2ccccc2)n1. The molecule has 0 radical (unpaired) electrons. The van der Waals surface area contributed by atoms with E-state index in [1.807, 2.05) is 30.3 Å².